The minimum absolute atomic E-state index is 0.428. The van der Waals surface area contributed by atoms with Gasteiger partial charge in [0, 0.05) is 37.6 Å². The molecule has 140 valence electrons. The number of ether oxygens (including phenoxy) is 1. The number of carbonyl (C=O) groups is 1. The summed E-state index contributed by atoms with van der Waals surface area (Å²) in [4.78, 5) is 13.8. The third kappa shape index (κ3) is 8.58. The molecule has 7 heteroatoms. The van der Waals surface area contributed by atoms with Crippen LogP contribution < -0.4 is 20.9 Å². The van der Waals surface area contributed by atoms with E-state index in [1.807, 2.05) is 32.9 Å². The predicted molar refractivity (Wildman–Crippen MR) is 108 cm³/mol. The van der Waals surface area contributed by atoms with Crippen LogP contribution in [0.3, 0.4) is 0 Å². The maximum absolute atomic E-state index is 11.5. The molecule has 0 saturated heterocycles. The summed E-state index contributed by atoms with van der Waals surface area (Å²) in [6.45, 7) is 12.7. The van der Waals surface area contributed by atoms with Gasteiger partial charge in [-0.2, -0.15) is 0 Å². The Kier molecular flexibility index (Phi) is 8.48. The van der Waals surface area contributed by atoms with Crippen molar-refractivity contribution in [3.8, 4) is 0 Å². The Hall–Kier alpha value is -2.02. The van der Waals surface area contributed by atoms with Gasteiger partial charge in [-0.1, -0.05) is 0 Å². The lowest BCUT2D eigenvalue weighted by atomic mass is 10.2. The Morgan fingerprint density at radius 1 is 1.08 bits per heavy atom. The molecule has 0 saturated carbocycles. The summed E-state index contributed by atoms with van der Waals surface area (Å²) in [5, 5.41) is 9.37. The molecule has 1 rings (SSSR count). The van der Waals surface area contributed by atoms with E-state index >= 15 is 0 Å². The van der Waals surface area contributed by atoms with E-state index in [0.29, 0.717) is 18.2 Å². The molecule has 3 N–H and O–H groups in total. The molecule has 1 aromatic rings. The van der Waals surface area contributed by atoms with Crippen LogP contribution in [-0.2, 0) is 4.74 Å². The minimum atomic E-state index is -0.494. The van der Waals surface area contributed by atoms with E-state index in [2.05, 4.69) is 46.8 Å². The number of rotatable bonds is 7. The molecular weight excluding hydrogens is 336 g/mol. The van der Waals surface area contributed by atoms with Crippen LogP contribution in [0.2, 0.25) is 0 Å². The Bertz CT molecular complexity index is 551. The van der Waals surface area contributed by atoms with Crippen LogP contribution in [0.4, 0.5) is 16.2 Å². The first-order valence-corrected chi connectivity index (χ1v) is 9.02. The second-order valence-electron chi connectivity index (χ2n) is 6.53. The van der Waals surface area contributed by atoms with Crippen molar-refractivity contribution >= 4 is 34.8 Å². The summed E-state index contributed by atoms with van der Waals surface area (Å²) in [7, 11) is 0. The molecule has 0 aliphatic carbocycles. The predicted octanol–water partition coefficient (Wildman–Crippen LogP) is 3.34. The van der Waals surface area contributed by atoms with Crippen LogP contribution in [0, 0.1) is 0 Å². The summed E-state index contributed by atoms with van der Waals surface area (Å²) in [6.07, 6.45) is -0.430. The number of thiocarbonyl (C=S) groups is 1. The van der Waals surface area contributed by atoms with E-state index in [-0.39, 0.29) is 0 Å². The summed E-state index contributed by atoms with van der Waals surface area (Å²) in [5.74, 6) is 0. The first-order chi connectivity index (χ1) is 11.7. The zero-order chi connectivity index (χ0) is 18.9. The van der Waals surface area contributed by atoms with Crippen molar-refractivity contribution in [2.75, 3.05) is 36.4 Å². The fourth-order valence-corrected chi connectivity index (χ4v) is 2.39. The largest absolute Gasteiger partial charge is 0.444 e. The van der Waals surface area contributed by atoms with E-state index in [9.17, 15) is 4.79 Å². The Morgan fingerprint density at radius 2 is 1.64 bits per heavy atom. The van der Waals surface area contributed by atoms with Gasteiger partial charge in [-0.15, -0.1) is 0 Å². The number of nitrogens with zero attached hydrogens (tertiary/aromatic N) is 1. The molecule has 25 heavy (non-hydrogen) atoms. The topological polar surface area (TPSA) is 65.6 Å². The second-order valence-corrected chi connectivity index (χ2v) is 6.94. The number of carbonyl (C=O) groups excluding carboxylic acids is 1. The summed E-state index contributed by atoms with van der Waals surface area (Å²) < 4.78 is 5.16. The van der Waals surface area contributed by atoms with Crippen molar-refractivity contribution in [1.82, 2.24) is 10.6 Å². The van der Waals surface area contributed by atoms with E-state index in [1.54, 1.807) is 0 Å². The van der Waals surface area contributed by atoms with Crippen LogP contribution in [0.15, 0.2) is 24.3 Å². The smallest absolute Gasteiger partial charge is 0.407 e. The van der Waals surface area contributed by atoms with Crippen LogP contribution in [0.5, 0.6) is 0 Å². The molecule has 0 fully saturated rings. The second kappa shape index (κ2) is 10.1. The summed E-state index contributed by atoms with van der Waals surface area (Å²) in [6, 6.07) is 8.14. The number of benzene rings is 1. The van der Waals surface area contributed by atoms with E-state index < -0.39 is 11.7 Å². The molecule has 0 aliphatic heterocycles. The summed E-state index contributed by atoms with van der Waals surface area (Å²) >= 11 is 5.26. The van der Waals surface area contributed by atoms with Gasteiger partial charge in [0.05, 0.1) is 0 Å². The molecule has 0 heterocycles. The highest BCUT2D eigenvalue weighted by Gasteiger charge is 2.15. The summed E-state index contributed by atoms with van der Waals surface area (Å²) in [5.41, 5.74) is 1.62. The average Bonchev–Trinajstić information content (AvgIpc) is 2.53. The zero-order valence-electron chi connectivity index (χ0n) is 15.8. The number of anilines is 2. The van der Waals surface area contributed by atoms with E-state index in [0.717, 1.165) is 18.8 Å². The molecule has 6 nitrogen and oxygen atoms in total. The highest BCUT2D eigenvalue weighted by atomic mass is 32.1. The quantitative estimate of drug-likeness (QED) is 0.508. The molecule has 0 radical (unpaired) electrons. The first-order valence-electron chi connectivity index (χ1n) is 8.62. The molecule has 0 unspecified atom stereocenters. The van der Waals surface area contributed by atoms with E-state index in [4.69, 9.17) is 17.0 Å². The van der Waals surface area contributed by atoms with Crippen LogP contribution in [0.25, 0.3) is 0 Å². The SMILES string of the molecule is CCN(CC)c1ccc(NC(=S)NCCNC(=O)OC(C)(C)C)cc1. The maximum atomic E-state index is 11.5. The van der Waals surface area contributed by atoms with Crippen LogP contribution in [-0.4, -0.2) is 43.0 Å². The van der Waals surface area contributed by atoms with Crippen molar-refractivity contribution in [3.63, 3.8) is 0 Å². The monoisotopic (exact) mass is 366 g/mol. The number of alkyl carbamates (subject to hydrolysis) is 1. The van der Waals surface area contributed by atoms with Gasteiger partial charge in [0.1, 0.15) is 5.60 Å². The lowest BCUT2D eigenvalue weighted by Crippen LogP contribution is -2.39. The third-order valence-corrected chi connectivity index (χ3v) is 3.58. The molecule has 0 aromatic heterocycles. The average molecular weight is 367 g/mol. The van der Waals surface area contributed by atoms with Crippen molar-refractivity contribution in [3.05, 3.63) is 24.3 Å². The van der Waals surface area contributed by atoms with Crippen molar-refractivity contribution < 1.29 is 9.53 Å². The molecule has 1 amide bonds. The normalized spacial score (nSPS) is 10.8. The van der Waals surface area contributed by atoms with Crippen molar-refractivity contribution in [2.45, 2.75) is 40.2 Å². The standard InChI is InChI=1S/C18H30N4O2S/c1-6-22(7-2)15-10-8-14(9-11-15)21-16(25)19-12-13-20-17(23)24-18(3,4)5/h8-11H,6-7,12-13H2,1-5H3,(H,20,23)(H2,19,21,25). The van der Waals surface area contributed by atoms with Crippen molar-refractivity contribution in [1.29, 1.82) is 0 Å². The Labute approximate surface area is 156 Å². The van der Waals surface area contributed by atoms with Gasteiger partial charge in [0.25, 0.3) is 0 Å². The third-order valence-electron chi connectivity index (χ3n) is 3.33. The van der Waals surface area contributed by atoms with Gasteiger partial charge in [-0.3, -0.25) is 0 Å². The van der Waals surface area contributed by atoms with Crippen LogP contribution >= 0.6 is 12.2 Å². The molecular formula is C18H30N4O2S. The van der Waals surface area contributed by atoms with Gasteiger partial charge in [-0.05, 0) is 71.1 Å². The molecule has 0 bridgehead atoms. The Balaban J connectivity index is 2.31. The number of amides is 1. The molecule has 1 aromatic carbocycles. The van der Waals surface area contributed by atoms with Gasteiger partial charge < -0.3 is 25.6 Å². The lowest BCUT2D eigenvalue weighted by Gasteiger charge is -2.21. The van der Waals surface area contributed by atoms with Gasteiger partial charge >= 0.3 is 6.09 Å². The van der Waals surface area contributed by atoms with E-state index in [1.165, 1.54) is 5.69 Å². The van der Waals surface area contributed by atoms with Crippen molar-refractivity contribution in [2.24, 2.45) is 0 Å². The molecule has 0 aliphatic rings. The highest BCUT2D eigenvalue weighted by molar-refractivity contribution is 7.80. The molecule has 0 spiro atoms. The number of nitrogens with one attached hydrogen (secondary N) is 3. The molecule has 0 atom stereocenters. The van der Waals surface area contributed by atoms with Gasteiger partial charge in [0.15, 0.2) is 5.11 Å². The Morgan fingerprint density at radius 3 is 2.16 bits per heavy atom. The highest BCUT2D eigenvalue weighted by Crippen LogP contribution is 2.17. The minimum Gasteiger partial charge on any atom is -0.444 e. The maximum Gasteiger partial charge on any atom is 0.407 e. The van der Waals surface area contributed by atoms with Gasteiger partial charge in [-0.25, -0.2) is 4.79 Å². The number of hydrogen-bond donors (Lipinski definition) is 3. The fourth-order valence-electron chi connectivity index (χ4n) is 2.17. The van der Waals surface area contributed by atoms with Gasteiger partial charge in [0.2, 0.25) is 0 Å². The zero-order valence-corrected chi connectivity index (χ0v) is 16.6. The number of hydrogen-bond acceptors (Lipinski definition) is 4. The van der Waals surface area contributed by atoms with Crippen LogP contribution in [0.1, 0.15) is 34.6 Å². The first kappa shape index (κ1) is 21.0. The fraction of sp³-hybridized carbons (Fsp3) is 0.556. The lowest BCUT2D eigenvalue weighted by molar-refractivity contribution is 0.0529.